The molecule has 0 saturated heterocycles. The fourth-order valence-corrected chi connectivity index (χ4v) is 2.22. The number of ether oxygens (including phenoxy) is 3. The smallest absolute Gasteiger partial charge is 0.303 e. The van der Waals surface area contributed by atoms with Gasteiger partial charge in [-0.25, -0.2) is 0 Å². The van der Waals surface area contributed by atoms with E-state index in [9.17, 15) is 4.79 Å². The lowest BCUT2D eigenvalue weighted by Gasteiger charge is -2.24. The van der Waals surface area contributed by atoms with Gasteiger partial charge in [0.25, 0.3) is 0 Å². The second-order valence-corrected chi connectivity index (χ2v) is 5.34. The van der Waals surface area contributed by atoms with Crippen molar-refractivity contribution in [3.05, 3.63) is 60.2 Å². The van der Waals surface area contributed by atoms with Crippen LogP contribution in [0, 0.1) is 0 Å². The van der Waals surface area contributed by atoms with Gasteiger partial charge in [0.15, 0.2) is 0 Å². The Morgan fingerprint density at radius 2 is 2.09 bits per heavy atom. The summed E-state index contributed by atoms with van der Waals surface area (Å²) in [5.74, 6) is -0.296. The number of carbonyl (C=O) groups excluding carboxylic acids is 1. The molecule has 22 heavy (non-hydrogen) atoms. The molecule has 1 aliphatic rings. The molecule has 0 unspecified atom stereocenters. The summed E-state index contributed by atoms with van der Waals surface area (Å²) >= 11 is 0. The highest BCUT2D eigenvalue weighted by molar-refractivity contribution is 5.66. The van der Waals surface area contributed by atoms with E-state index in [1.807, 2.05) is 42.5 Å². The van der Waals surface area contributed by atoms with Crippen LogP contribution in [-0.2, 0) is 25.6 Å². The predicted octanol–water partition coefficient (Wildman–Crippen LogP) is 3.04. The molecule has 4 heteroatoms. The second kappa shape index (κ2) is 8.51. The van der Waals surface area contributed by atoms with E-state index in [-0.39, 0.29) is 18.2 Å². The maximum atomic E-state index is 10.9. The Bertz CT molecular complexity index is 521. The summed E-state index contributed by atoms with van der Waals surface area (Å²) in [6.07, 6.45) is 4.18. The molecule has 0 amide bonds. The van der Waals surface area contributed by atoms with E-state index in [2.05, 4.69) is 6.58 Å². The van der Waals surface area contributed by atoms with Crippen LogP contribution in [0.25, 0.3) is 0 Å². The van der Waals surface area contributed by atoms with E-state index < -0.39 is 0 Å². The van der Waals surface area contributed by atoms with Crippen molar-refractivity contribution in [2.45, 2.75) is 32.2 Å². The van der Waals surface area contributed by atoms with Gasteiger partial charge in [-0.2, -0.15) is 0 Å². The van der Waals surface area contributed by atoms with E-state index >= 15 is 0 Å². The van der Waals surface area contributed by atoms with Crippen molar-refractivity contribution in [3.63, 3.8) is 0 Å². The van der Waals surface area contributed by atoms with Crippen LogP contribution in [0.15, 0.2) is 54.6 Å². The number of rotatable bonds is 7. The maximum absolute atomic E-state index is 10.9. The average molecular weight is 302 g/mol. The minimum atomic E-state index is -0.296. The molecule has 2 atom stereocenters. The SMILES string of the molecule is C=C(COCc1ccccc1)C[C@@H]1C=C[C@@H](OC(C)=O)CO1. The van der Waals surface area contributed by atoms with Crippen molar-refractivity contribution in [2.24, 2.45) is 0 Å². The highest BCUT2D eigenvalue weighted by Gasteiger charge is 2.18. The first-order chi connectivity index (χ1) is 10.6. The Labute approximate surface area is 131 Å². The zero-order chi connectivity index (χ0) is 15.8. The molecule has 1 aromatic carbocycles. The van der Waals surface area contributed by atoms with Crippen LogP contribution in [0.4, 0.5) is 0 Å². The van der Waals surface area contributed by atoms with E-state index in [1.54, 1.807) is 0 Å². The van der Waals surface area contributed by atoms with E-state index in [0.717, 1.165) is 11.1 Å². The first-order valence-corrected chi connectivity index (χ1v) is 7.39. The second-order valence-electron chi connectivity index (χ2n) is 5.34. The molecule has 0 aliphatic carbocycles. The maximum Gasteiger partial charge on any atom is 0.303 e. The van der Waals surface area contributed by atoms with Crippen LogP contribution in [-0.4, -0.2) is 31.4 Å². The molecular formula is C18H22O4. The number of esters is 1. The van der Waals surface area contributed by atoms with Gasteiger partial charge in [0, 0.05) is 13.3 Å². The fourth-order valence-electron chi connectivity index (χ4n) is 2.22. The van der Waals surface area contributed by atoms with E-state index in [4.69, 9.17) is 14.2 Å². The first-order valence-electron chi connectivity index (χ1n) is 7.39. The molecule has 0 saturated carbocycles. The molecule has 0 bridgehead atoms. The third-order valence-electron chi connectivity index (χ3n) is 3.24. The van der Waals surface area contributed by atoms with E-state index in [0.29, 0.717) is 26.2 Å². The average Bonchev–Trinajstić information content (AvgIpc) is 2.50. The summed E-state index contributed by atoms with van der Waals surface area (Å²) in [7, 11) is 0. The van der Waals surface area contributed by atoms with Crippen LogP contribution in [0.5, 0.6) is 0 Å². The Hall–Kier alpha value is -1.91. The lowest BCUT2D eigenvalue weighted by molar-refractivity contribution is -0.147. The van der Waals surface area contributed by atoms with E-state index in [1.165, 1.54) is 6.92 Å². The largest absolute Gasteiger partial charge is 0.456 e. The van der Waals surface area contributed by atoms with Crippen molar-refractivity contribution in [1.29, 1.82) is 0 Å². The number of carbonyl (C=O) groups is 1. The highest BCUT2D eigenvalue weighted by atomic mass is 16.6. The summed E-state index contributed by atoms with van der Waals surface area (Å²) in [5, 5.41) is 0. The standard InChI is InChI=1S/C18H22O4/c1-14(11-20-12-16-6-4-3-5-7-16)10-17-8-9-18(13-21-17)22-15(2)19/h3-9,17-18H,1,10-13H2,2H3/t17-,18+/m0/s1. The summed E-state index contributed by atoms with van der Waals surface area (Å²) in [4.78, 5) is 10.9. The van der Waals surface area contributed by atoms with Crippen molar-refractivity contribution in [3.8, 4) is 0 Å². The van der Waals surface area contributed by atoms with Crippen LogP contribution in [0.3, 0.4) is 0 Å². The van der Waals surface area contributed by atoms with Crippen LogP contribution in [0.2, 0.25) is 0 Å². The minimum absolute atomic E-state index is 0.0281. The monoisotopic (exact) mass is 302 g/mol. The number of benzene rings is 1. The Kier molecular flexibility index (Phi) is 6.37. The van der Waals surface area contributed by atoms with Crippen molar-refractivity contribution >= 4 is 5.97 Å². The number of hydrogen-bond acceptors (Lipinski definition) is 4. The van der Waals surface area contributed by atoms with Gasteiger partial charge >= 0.3 is 5.97 Å². The van der Waals surface area contributed by atoms with Crippen molar-refractivity contribution < 1.29 is 19.0 Å². The molecule has 0 fully saturated rings. The summed E-state index contributed by atoms with van der Waals surface area (Å²) in [5.41, 5.74) is 2.13. The van der Waals surface area contributed by atoms with Gasteiger partial charge in [0.05, 0.1) is 25.9 Å². The molecule has 0 N–H and O–H groups in total. The normalized spacial score (nSPS) is 20.6. The predicted molar refractivity (Wildman–Crippen MR) is 84.3 cm³/mol. The Morgan fingerprint density at radius 3 is 2.73 bits per heavy atom. The molecule has 1 aromatic rings. The fraction of sp³-hybridized carbons (Fsp3) is 0.389. The third kappa shape index (κ3) is 5.84. The van der Waals surface area contributed by atoms with Gasteiger partial charge in [0.1, 0.15) is 6.10 Å². The molecular weight excluding hydrogens is 280 g/mol. The first kappa shape index (κ1) is 16.5. The van der Waals surface area contributed by atoms with Crippen LogP contribution in [0.1, 0.15) is 18.9 Å². The van der Waals surface area contributed by atoms with Crippen molar-refractivity contribution in [1.82, 2.24) is 0 Å². The van der Waals surface area contributed by atoms with Crippen LogP contribution < -0.4 is 0 Å². The third-order valence-corrected chi connectivity index (χ3v) is 3.24. The topological polar surface area (TPSA) is 44.8 Å². The molecule has 2 rings (SSSR count). The molecule has 1 heterocycles. The Morgan fingerprint density at radius 1 is 1.32 bits per heavy atom. The van der Waals surface area contributed by atoms with Gasteiger partial charge in [-0.3, -0.25) is 4.79 Å². The molecule has 118 valence electrons. The minimum Gasteiger partial charge on any atom is -0.456 e. The summed E-state index contributed by atoms with van der Waals surface area (Å²) < 4.78 is 16.4. The quantitative estimate of drug-likeness (QED) is 0.573. The lowest BCUT2D eigenvalue weighted by atomic mass is 10.1. The van der Waals surface area contributed by atoms with Gasteiger partial charge in [-0.15, -0.1) is 0 Å². The molecule has 1 aliphatic heterocycles. The summed E-state index contributed by atoms with van der Waals surface area (Å²) in [6, 6.07) is 10.0. The van der Waals surface area contributed by atoms with Gasteiger partial charge < -0.3 is 14.2 Å². The van der Waals surface area contributed by atoms with Gasteiger partial charge in [0.2, 0.25) is 0 Å². The number of hydrogen-bond donors (Lipinski definition) is 0. The van der Waals surface area contributed by atoms with Crippen LogP contribution >= 0.6 is 0 Å². The van der Waals surface area contributed by atoms with Gasteiger partial charge in [-0.05, 0) is 17.2 Å². The molecule has 0 aromatic heterocycles. The molecule has 0 radical (unpaired) electrons. The summed E-state index contributed by atoms with van der Waals surface area (Å²) in [6.45, 7) is 6.89. The van der Waals surface area contributed by atoms with Gasteiger partial charge in [-0.1, -0.05) is 43.0 Å². The zero-order valence-corrected chi connectivity index (χ0v) is 12.9. The lowest BCUT2D eigenvalue weighted by Crippen LogP contribution is -2.28. The highest BCUT2D eigenvalue weighted by Crippen LogP contribution is 2.15. The van der Waals surface area contributed by atoms with Crippen molar-refractivity contribution in [2.75, 3.05) is 13.2 Å². The Balaban J connectivity index is 1.66. The zero-order valence-electron chi connectivity index (χ0n) is 12.9. The molecule has 4 nitrogen and oxygen atoms in total. The molecule has 0 spiro atoms.